The van der Waals surface area contributed by atoms with E-state index in [1.54, 1.807) is 0 Å². The molecule has 0 heterocycles. The average molecular weight is 263 g/mol. The molecule has 0 aliphatic heterocycles. The first kappa shape index (κ1) is 15.7. The van der Waals surface area contributed by atoms with Crippen LogP contribution in [0.3, 0.4) is 0 Å². The van der Waals surface area contributed by atoms with Crippen molar-refractivity contribution in [3.8, 4) is 0 Å². The molecule has 0 radical (unpaired) electrons. The van der Waals surface area contributed by atoms with Gasteiger partial charge in [0.05, 0.1) is 12.0 Å². The molecule has 0 saturated carbocycles. The van der Waals surface area contributed by atoms with Crippen molar-refractivity contribution in [2.75, 3.05) is 6.61 Å². The van der Waals surface area contributed by atoms with Gasteiger partial charge in [-0.25, -0.2) is 0 Å². The molecule has 1 aromatic carbocycles. The molecular formula is C16H25NO2. The highest BCUT2D eigenvalue weighted by molar-refractivity contribution is 5.76. The zero-order chi connectivity index (χ0) is 14.6. The van der Waals surface area contributed by atoms with E-state index in [9.17, 15) is 4.79 Å². The molecule has 1 atom stereocenters. The zero-order valence-corrected chi connectivity index (χ0v) is 12.6. The number of nitrogens with two attached hydrogens (primary N) is 1. The fourth-order valence-electron chi connectivity index (χ4n) is 2.07. The molecule has 3 nitrogen and oxygen atoms in total. The van der Waals surface area contributed by atoms with Gasteiger partial charge < -0.3 is 10.5 Å². The lowest BCUT2D eigenvalue weighted by Crippen LogP contribution is -2.31. The molecule has 0 saturated heterocycles. The third-order valence-electron chi connectivity index (χ3n) is 3.52. The Morgan fingerprint density at radius 3 is 2.47 bits per heavy atom. The van der Waals surface area contributed by atoms with Crippen LogP contribution >= 0.6 is 0 Å². The SMILES string of the molecule is CCOC(=O)C(C)(C)CC(N)c1ccc(C)c(C)c1. The van der Waals surface area contributed by atoms with Crippen LogP contribution in [0.25, 0.3) is 0 Å². The predicted molar refractivity (Wildman–Crippen MR) is 77.9 cm³/mol. The van der Waals surface area contributed by atoms with Gasteiger partial charge in [-0.15, -0.1) is 0 Å². The smallest absolute Gasteiger partial charge is 0.311 e. The predicted octanol–water partition coefficient (Wildman–Crippen LogP) is 3.28. The number of hydrogen-bond donors (Lipinski definition) is 1. The van der Waals surface area contributed by atoms with Gasteiger partial charge in [0.1, 0.15) is 0 Å². The van der Waals surface area contributed by atoms with E-state index in [0.29, 0.717) is 13.0 Å². The number of carbonyl (C=O) groups is 1. The Bertz CT molecular complexity index is 452. The number of rotatable bonds is 5. The highest BCUT2D eigenvalue weighted by Crippen LogP contribution is 2.30. The first-order valence-electron chi connectivity index (χ1n) is 6.78. The summed E-state index contributed by atoms with van der Waals surface area (Å²) in [5.41, 5.74) is 9.21. The molecule has 0 amide bonds. The molecule has 0 aromatic heterocycles. The summed E-state index contributed by atoms with van der Waals surface area (Å²) in [6.45, 7) is 10.1. The lowest BCUT2D eigenvalue weighted by molar-refractivity contribution is -0.154. The normalized spacial score (nSPS) is 13.2. The number of carbonyl (C=O) groups excluding carboxylic acids is 1. The van der Waals surface area contributed by atoms with E-state index >= 15 is 0 Å². The van der Waals surface area contributed by atoms with Crippen molar-refractivity contribution in [3.63, 3.8) is 0 Å². The van der Waals surface area contributed by atoms with Crippen LogP contribution in [0.2, 0.25) is 0 Å². The largest absolute Gasteiger partial charge is 0.466 e. The Hall–Kier alpha value is -1.35. The minimum absolute atomic E-state index is 0.154. The van der Waals surface area contributed by atoms with Gasteiger partial charge in [-0.3, -0.25) is 4.79 Å². The van der Waals surface area contributed by atoms with Gasteiger partial charge in [0.15, 0.2) is 0 Å². The van der Waals surface area contributed by atoms with Gasteiger partial charge in [0.25, 0.3) is 0 Å². The number of ether oxygens (including phenoxy) is 1. The van der Waals surface area contributed by atoms with Crippen LogP contribution in [0.15, 0.2) is 18.2 Å². The molecule has 0 bridgehead atoms. The van der Waals surface area contributed by atoms with Crippen LogP contribution in [0.4, 0.5) is 0 Å². The van der Waals surface area contributed by atoms with Crippen molar-refractivity contribution < 1.29 is 9.53 Å². The van der Waals surface area contributed by atoms with E-state index in [4.69, 9.17) is 10.5 Å². The van der Waals surface area contributed by atoms with Crippen LogP contribution < -0.4 is 5.73 Å². The molecule has 0 aliphatic carbocycles. The molecule has 3 heteroatoms. The van der Waals surface area contributed by atoms with Crippen molar-refractivity contribution in [2.24, 2.45) is 11.1 Å². The lowest BCUT2D eigenvalue weighted by atomic mass is 9.83. The second-order valence-corrected chi connectivity index (χ2v) is 5.76. The van der Waals surface area contributed by atoms with E-state index in [1.807, 2.05) is 26.8 Å². The number of aryl methyl sites for hydroxylation is 2. The zero-order valence-electron chi connectivity index (χ0n) is 12.6. The van der Waals surface area contributed by atoms with Gasteiger partial charge in [-0.1, -0.05) is 18.2 Å². The second-order valence-electron chi connectivity index (χ2n) is 5.76. The maximum absolute atomic E-state index is 11.9. The van der Waals surface area contributed by atoms with E-state index < -0.39 is 5.41 Å². The minimum Gasteiger partial charge on any atom is -0.466 e. The molecule has 106 valence electrons. The summed E-state index contributed by atoms with van der Waals surface area (Å²) in [4.78, 5) is 11.9. The van der Waals surface area contributed by atoms with E-state index in [0.717, 1.165) is 5.56 Å². The fourth-order valence-corrected chi connectivity index (χ4v) is 2.07. The van der Waals surface area contributed by atoms with Gasteiger partial charge >= 0.3 is 5.97 Å². The number of esters is 1. The van der Waals surface area contributed by atoms with Gasteiger partial charge in [0, 0.05) is 6.04 Å². The maximum Gasteiger partial charge on any atom is 0.311 e. The third kappa shape index (κ3) is 4.06. The second kappa shape index (κ2) is 6.20. The Morgan fingerprint density at radius 2 is 1.95 bits per heavy atom. The van der Waals surface area contributed by atoms with Crippen molar-refractivity contribution in [1.82, 2.24) is 0 Å². The topological polar surface area (TPSA) is 52.3 Å². The maximum atomic E-state index is 11.9. The highest BCUT2D eigenvalue weighted by Gasteiger charge is 2.31. The van der Waals surface area contributed by atoms with Gasteiger partial charge in [0.2, 0.25) is 0 Å². The number of hydrogen-bond acceptors (Lipinski definition) is 3. The summed E-state index contributed by atoms with van der Waals surface area (Å²) in [5.74, 6) is -0.186. The van der Waals surface area contributed by atoms with Crippen molar-refractivity contribution in [1.29, 1.82) is 0 Å². The van der Waals surface area contributed by atoms with Crippen molar-refractivity contribution >= 4 is 5.97 Å². The molecule has 0 aliphatic rings. The Morgan fingerprint density at radius 1 is 1.32 bits per heavy atom. The molecule has 19 heavy (non-hydrogen) atoms. The highest BCUT2D eigenvalue weighted by atomic mass is 16.5. The Labute approximate surface area is 116 Å². The molecule has 0 fully saturated rings. The van der Waals surface area contributed by atoms with Crippen LogP contribution in [-0.2, 0) is 9.53 Å². The minimum atomic E-state index is -0.561. The molecule has 1 unspecified atom stereocenters. The average Bonchev–Trinajstić information content (AvgIpc) is 2.32. The standard InChI is InChI=1S/C16H25NO2/c1-6-19-15(18)16(4,5)10-14(17)13-8-7-11(2)12(3)9-13/h7-9,14H,6,10,17H2,1-5H3. The molecular weight excluding hydrogens is 238 g/mol. The molecule has 1 aromatic rings. The molecule has 0 spiro atoms. The summed E-state index contributed by atoms with van der Waals surface area (Å²) < 4.78 is 5.09. The first-order valence-corrected chi connectivity index (χ1v) is 6.78. The Balaban J connectivity index is 2.80. The summed E-state index contributed by atoms with van der Waals surface area (Å²) >= 11 is 0. The Kier molecular flexibility index (Phi) is 5.12. The fraction of sp³-hybridized carbons (Fsp3) is 0.562. The quantitative estimate of drug-likeness (QED) is 0.829. The summed E-state index contributed by atoms with van der Waals surface area (Å²) in [5, 5.41) is 0. The number of benzene rings is 1. The van der Waals surface area contributed by atoms with E-state index in [2.05, 4.69) is 26.0 Å². The molecule has 1 rings (SSSR count). The first-order chi connectivity index (χ1) is 8.77. The summed E-state index contributed by atoms with van der Waals surface area (Å²) in [6, 6.07) is 6.05. The van der Waals surface area contributed by atoms with Crippen LogP contribution in [0, 0.1) is 19.3 Å². The van der Waals surface area contributed by atoms with Crippen LogP contribution in [-0.4, -0.2) is 12.6 Å². The van der Waals surface area contributed by atoms with Crippen molar-refractivity contribution in [2.45, 2.75) is 47.1 Å². The van der Waals surface area contributed by atoms with E-state index in [-0.39, 0.29) is 12.0 Å². The monoisotopic (exact) mass is 263 g/mol. The lowest BCUT2D eigenvalue weighted by Gasteiger charge is -2.26. The van der Waals surface area contributed by atoms with Crippen molar-refractivity contribution in [3.05, 3.63) is 34.9 Å². The van der Waals surface area contributed by atoms with Crippen LogP contribution in [0.5, 0.6) is 0 Å². The van der Waals surface area contributed by atoms with E-state index in [1.165, 1.54) is 11.1 Å². The summed E-state index contributed by atoms with van der Waals surface area (Å²) in [6.07, 6.45) is 0.578. The third-order valence-corrected chi connectivity index (χ3v) is 3.52. The summed E-state index contributed by atoms with van der Waals surface area (Å²) in [7, 11) is 0. The van der Waals surface area contributed by atoms with Gasteiger partial charge in [-0.2, -0.15) is 0 Å². The molecule has 2 N–H and O–H groups in total. The van der Waals surface area contributed by atoms with Crippen LogP contribution in [0.1, 0.15) is 49.9 Å². The van der Waals surface area contributed by atoms with Gasteiger partial charge in [-0.05, 0) is 57.7 Å².